The summed E-state index contributed by atoms with van der Waals surface area (Å²) in [5.74, 6) is -0.0948. The molecule has 1 aliphatic heterocycles. The number of piperazine rings is 1. The van der Waals surface area contributed by atoms with Crippen LogP contribution in [0.1, 0.15) is 5.56 Å². The molecule has 1 atom stereocenters. The number of nitrogens with one attached hydrogen (secondary N) is 2. The lowest BCUT2D eigenvalue weighted by molar-refractivity contribution is -0.134. The Bertz CT molecular complexity index is 425. The van der Waals surface area contributed by atoms with Gasteiger partial charge in [-0.25, -0.2) is 0 Å². The number of rotatable bonds is 3. The normalized spacial score (nSPS) is 19.2. The van der Waals surface area contributed by atoms with E-state index in [1.54, 1.807) is 24.3 Å². The Labute approximate surface area is 105 Å². The minimum Gasteiger partial charge on any atom is -0.353 e. The van der Waals surface area contributed by atoms with Gasteiger partial charge in [-0.2, -0.15) is 0 Å². The van der Waals surface area contributed by atoms with Crippen molar-refractivity contribution in [2.24, 2.45) is 0 Å². The van der Waals surface area contributed by atoms with Crippen molar-refractivity contribution in [2.45, 2.75) is 12.6 Å². The van der Waals surface area contributed by atoms with Crippen LogP contribution >= 0.6 is 0 Å². The molecule has 0 aromatic carbocycles. The zero-order valence-electron chi connectivity index (χ0n) is 10.2. The average molecular weight is 248 g/mol. The quantitative estimate of drug-likeness (QED) is 0.729. The third kappa shape index (κ3) is 3.04. The molecule has 2 N–H and O–H groups in total. The average Bonchev–Trinajstić information content (AvgIpc) is 2.40. The van der Waals surface area contributed by atoms with E-state index in [0.29, 0.717) is 13.1 Å². The number of hydrogen-bond donors (Lipinski definition) is 2. The van der Waals surface area contributed by atoms with Crippen molar-refractivity contribution in [1.82, 2.24) is 20.5 Å². The van der Waals surface area contributed by atoms with Crippen LogP contribution in [0.3, 0.4) is 0 Å². The molecule has 0 bridgehead atoms. The molecule has 0 aliphatic carbocycles. The minimum atomic E-state index is -0.338. The molecular formula is C12H16N4O2. The van der Waals surface area contributed by atoms with Gasteiger partial charge in [0.25, 0.3) is 0 Å². The van der Waals surface area contributed by atoms with Crippen molar-refractivity contribution >= 4 is 11.8 Å². The maximum Gasteiger partial charge on any atom is 0.241 e. The van der Waals surface area contributed by atoms with Gasteiger partial charge in [0.2, 0.25) is 11.8 Å². The summed E-state index contributed by atoms with van der Waals surface area (Å²) in [4.78, 5) is 28.7. The van der Waals surface area contributed by atoms with Crippen molar-refractivity contribution in [3.63, 3.8) is 0 Å². The number of likely N-dealkylation sites (N-methyl/N-ethyl adjacent to an activating group) is 1. The summed E-state index contributed by atoms with van der Waals surface area (Å²) in [6.07, 6.45) is 3.40. The molecular weight excluding hydrogens is 232 g/mol. The fraction of sp³-hybridized carbons (Fsp3) is 0.417. The van der Waals surface area contributed by atoms with E-state index in [9.17, 15) is 9.59 Å². The molecule has 1 saturated heterocycles. The van der Waals surface area contributed by atoms with Gasteiger partial charge in [0, 0.05) is 32.5 Å². The van der Waals surface area contributed by atoms with Crippen molar-refractivity contribution in [1.29, 1.82) is 0 Å². The van der Waals surface area contributed by atoms with E-state index in [4.69, 9.17) is 0 Å². The van der Waals surface area contributed by atoms with Gasteiger partial charge < -0.3 is 10.2 Å². The highest BCUT2D eigenvalue weighted by Crippen LogP contribution is 2.03. The molecule has 0 radical (unpaired) electrons. The smallest absolute Gasteiger partial charge is 0.241 e. The Kier molecular flexibility index (Phi) is 3.88. The Hall–Kier alpha value is -1.95. The second kappa shape index (κ2) is 5.59. The molecule has 1 fully saturated rings. The van der Waals surface area contributed by atoms with E-state index >= 15 is 0 Å². The number of pyridine rings is 1. The number of amides is 2. The van der Waals surface area contributed by atoms with Crippen molar-refractivity contribution in [3.8, 4) is 0 Å². The first-order valence-electron chi connectivity index (χ1n) is 5.81. The summed E-state index contributed by atoms with van der Waals surface area (Å²) in [6.45, 7) is 1.07. The number of nitrogens with zero attached hydrogens (tertiary/aromatic N) is 2. The Balaban J connectivity index is 1.91. The first kappa shape index (κ1) is 12.5. The summed E-state index contributed by atoms with van der Waals surface area (Å²) in [5, 5.41) is 5.59. The van der Waals surface area contributed by atoms with Gasteiger partial charge in [0.05, 0.1) is 6.54 Å². The Morgan fingerprint density at radius 1 is 1.50 bits per heavy atom. The lowest BCUT2D eigenvalue weighted by atomic mass is 10.2. The second-order valence-corrected chi connectivity index (χ2v) is 4.29. The Morgan fingerprint density at radius 3 is 2.83 bits per heavy atom. The van der Waals surface area contributed by atoms with Gasteiger partial charge in [-0.3, -0.25) is 19.9 Å². The molecule has 2 rings (SSSR count). The first-order chi connectivity index (χ1) is 8.66. The highest BCUT2D eigenvalue weighted by Gasteiger charge is 2.26. The van der Waals surface area contributed by atoms with Crippen LogP contribution in [0.25, 0.3) is 0 Å². The van der Waals surface area contributed by atoms with E-state index in [1.165, 1.54) is 0 Å². The van der Waals surface area contributed by atoms with E-state index in [-0.39, 0.29) is 24.4 Å². The molecule has 18 heavy (non-hydrogen) atoms. The first-order valence-corrected chi connectivity index (χ1v) is 5.81. The maximum absolute atomic E-state index is 12.1. The summed E-state index contributed by atoms with van der Waals surface area (Å²) in [7, 11) is 1.75. The predicted octanol–water partition coefficient (Wildman–Crippen LogP) is -0.872. The molecule has 1 aromatic rings. The summed E-state index contributed by atoms with van der Waals surface area (Å²) in [6, 6.07) is 3.41. The zero-order valence-corrected chi connectivity index (χ0v) is 10.2. The third-order valence-corrected chi connectivity index (χ3v) is 2.86. The molecule has 2 amide bonds. The molecule has 1 unspecified atom stereocenters. The highest BCUT2D eigenvalue weighted by atomic mass is 16.2. The van der Waals surface area contributed by atoms with Crippen LogP contribution in [0.5, 0.6) is 0 Å². The number of carbonyl (C=O) groups is 2. The van der Waals surface area contributed by atoms with Gasteiger partial charge in [0.15, 0.2) is 0 Å². The van der Waals surface area contributed by atoms with Crippen LogP contribution in [-0.4, -0.2) is 47.9 Å². The van der Waals surface area contributed by atoms with E-state index in [2.05, 4.69) is 15.6 Å². The SMILES string of the molecule is CN(Cc1ccncc1)C(=O)C1CNC(=O)CN1. The van der Waals surface area contributed by atoms with E-state index in [0.717, 1.165) is 5.56 Å². The topological polar surface area (TPSA) is 74.3 Å². The van der Waals surface area contributed by atoms with Gasteiger partial charge >= 0.3 is 0 Å². The predicted molar refractivity (Wildman–Crippen MR) is 65.5 cm³/mol. The van der Waals surface area contributed by atoms with E-state index in [1.807, 2.05) is 12.1 Å². The zero-order chi connectivity index (χ0) is 13.0. The Morgan fingerprint density at radius 2 is 2.22 bits per heavy atom. The summed E-state index contributed by atoms with van der Waals surface area (Å²) >= 11 is 0. The molecule has 0 saturated carbocycles. The maximum atomic E-state index is 12.1. The molecule has 6 nitrogen and oxygen atoms in total. The highest BCUT2D eigenvalue weighted by molar-refractivity contribution is 5.86. The summed E-state index contributed by atoms with van der Waals surface area (Å²) < 4.78 is 0. The number of carbonyl (C=O) groups excluding carboxylic acids is 2. The van der Waals surface area contributed by atoms with Gasteiger partial charge in [0.1, 0.15) is 6.04 Å². The van der Waals surface area contributed by atoms with Gasteiger partial charge in [-0.05, 0) is 17.7 Å². The minimum absolute atomic E-state index is 0.0215. The molecule has 6 heteroatoms. The van der Waals surface area contributed by atoms with Crippen LogP contribution < -0.4 is 10.6 Å². The van der Waals surface area contributed by atoms with Crippen molar-refractivity contribution in [3.05, 3.63) is 30.1 Å². The summed E-state index contributed by atoms with van der Waals surface area (Å²) in [5.41, 5.74) is 1.03. The van der Waals surface area contributed by atoms with Crippen LogP contribution in [0, 0.1) is 0 Å². The fourth-order valence-electron chi connectivity index (χ4n) is 1.85. The van der Waals surface area contributed by atoms with Crippen molar-refractivity contribution in [2.75, 3.05) is 20.1 Å². The molecule has 0 spiro atoms. The van der Waals surface area contributed by atoms with Gasteiger partial charge in [-0.15, -0.1) is 0 Å². The largest absolute Gasteiger partial charge is 0.353 e. The molecule has 2 heterocycles. The van der Waals surface area contributed by atoms with E-state index < -0.39 is 0 Å². The van der Waals surface area contributed by atoms with Gasteiger partial charge in [-0.1, -0.05) is 0 Å². The monoisotopic (exact) mass is 248 g/mol. The molecule has 96 valence electrons. The number of hydrogen-bond acceptors (Lipinski definition) is 4. The lowest BCUT2D eigenvalue weighted by Crippen LogP contribution is -2.58. The molecule has 1 aliphatic rings. The number of aromatic nitrogens is 1. The third-order valence-electron chi connectivity index (χ3n) is 2.86. The standard InChI is InChI=1S/C12H16N4O2/c1-16(8-9-2-4-13-5-3-9)12(18)10-6-15-11(17)7-14-10/h2-5,10,14H,6-8H2,1H3,(H,15,17). The molecule has 1 aromatic heterocycles. The second-order valence-electron chi connectivity index (χ2n) is 4.29. The van der Waals surface area contributed by atoms with Crippen molar-refractivity contribution < 1.29 is 9.59 Å². The van der Waals surface area contributed by atoms with Crippen LogP contribution in [0.4, 0.5) is 0 Å². The fourth-order valence-corrected chi connectivity index (χ4v) is 1.85. The lowest BCUT2D eigenvalue weighted by Gasteiger charge is -2.27. The van der Waals surface area contributed by atoms with Crippen LogP contribution in [-0.2, 0) is 16.1 Å². The van der Waals surface area contributed by atoms with Crippen LogP contribution in [0.2, 0.25) is 0 Å². The van der Waals surface area contributed by atoms with Crippen LogP contribution in [0.15, 0.2) is 24.5 Å².